The smallest absolute Gasteiger partial charge is 0.220 e. The number of aromatic nitrogens is 1. The second-order valence-electron chi connectivity index (χ2n) is 7.44. The fourth-order valence-corrected chi connectivity index (χ4v) is 3.51. The number of nitrogens with zero attached hydrogens (tertiary/aromatic N) is 1. The first-order valence-electron chi connectivity index (χ1n) is 9.58. The largest absolute Gasteiger partial charge is 0.441 e. The van der Waals surface area contributed by atoms with Crippen molar-refractivity contribution in [1.29, 1.82) is 0 Å². The summed E-state index contributed by atoms with van der Waals surface area (Å²) in [6.45, 7) is 5.32. The summed E-state index contributed by atoms with van der Waals surface area (Å²) in [6.07, 6.45) is 4.62. The average molecular weight is 444 g/mol. The maximum absolute atomic E-state index is 12.3. The molecular formula is C21H31Cl2N3O3. The van der Waals surface area contributed by atoms with Gasteiger partial charge in [0, 0.05) is 37.5 Å². The molecule has 2 heterocycles. The van der Waals surface area contributed by atoms with E-state index in [1.54, 1.807) is 13.3 Å². The third-order valence-electron chi connectivity index (χ3n) is 5.23. The van der Waals surface area contributed by atoms with Gasteiger partial charge in [0.15, 0.2) is 11.7 Å². The molecule has 0 atom stereocenters. The molecule has 0 spiro atoms. The third kappa shape index (κ3) is 7.30. The highest BCUT2D eigenvalue weighted by molar-refractivity contribution is 5.85. The molecule has 1 amide bonds. The lowest BCUT2D eigenvalue weighted by molar-refractivity contribution is -0.122. The van der Waals surface area contributed by atoms with Crippen LogP contribution in [-0.2, 0) is 16.0 Å². The number of rotatable bonds is 8. The van der Waals surface area contributed by atoms with Crippen molar-refractivity contribution in [3.05, 3.63) is 41.9 Å². The normalized spacial score (nSPS) is 15.1. The molecule has 0 saturated carbocycles. The topological polar surface area (TPSA) is 76.4 Å². The van der Waals surface area contributed by atoms with E-state index in [4.69, 9.17) is 9.15 Å². The minimum Gasteiger partial charge on any atom is -0.441 e. The first-order chi connectivity index (χ1) is 13.1. The van der Waals surface area contributed by atoms with Crippen molar-refractivity contribution in [2.45, 2.75) is 32.6 Å². The molecule has 2 aromatic rings. The molecule has 1 aromatic heterocycles. The zero-order valence-corrected chi connectivity index (χ0v) is 18.7. The third-order valence-corrected chi connectivity index (χ3v) is 5.23. The van der Waals surface area contributed by atoms with Crippen LogP contribution in [0.15, 0.2) is 34.9 Å². The first-order valence-corrected chi connectivity index (χ1v) is 9.58. The highest BCUT2D eigenvalue weighted by atomic mass is 35.5. The molecule has 0 bridgehead atoms. The summed E-state index contributed by atoms with van der Waals surface area (Å²) in [5, 5.41) is 6.44. The number of oxazole rings is 1. The highest BCUT2D eigenvalue weighted by Gasteiger charge is 2.32. The van der Waals surface area contributed by atoms with Crippen LogP contribution in [0.3, 0.4) is 0 Å². The molecule has 8 heteroatoms. The fourth-order valence-electron chi connectivity index (χ4n) is 3.51. The van der Waals surface area contributed by atoms with Gasteiger partial charge in [0.1, 0.15) is 0 Å². The number of carbonyl (C=O) groups is 1. The lowest BCUT2D eigenvalue weighted by Crippen LogP contribution is -2.47. The summed E-state index contributed by atoms with van der Waals surface area (Å²) in [5.41, 5.74) is 2.24. The molecule has 1 saturated heterocycles. The van der Waals surface area contributed by atoms with Gasteiger partial charge >= 0.3 is 0 Å². The van der Waals surface area contributed by atoms with E-state index < -0.39 is 0 Å². The molecular weight excluding hydrogens is 413 g/mol. The van der Waals surface area contributed by atoms with Crippen LogP contribution in [0, 0.1) is 12.3 Å². The highest BCUT2D eigenvalue weighted by Crippen LogP contribution is 2.28. The summed E-state index contributed by atoms with van der Waals surface area (Å²) in [7, 11) is 1.72. The Kier molecular flexibility index (Phi) is 10.7. The van der Waals surface area contributed by atoms with Gasteiger partial charge in [-0.3, -0.25) is 4.79 Å². The fraction of sp³-hybridized carbons (Fsp3) is 0.524. The number of hydrogen-bond acceptors (Lipinski definition) is 5. The van der Waals surface area contributed by atoms with Crippen molar-refractivity contribution in [2.75, 3.05) is 33.4 Å². The van der Waals surface area contributed by atoms with Gasteiger partial charge in [-0.2, -0.15) is 0 Å². The molecule has 0 radical (unpaired) electrons. The number of hydrogen-bond donors (Lipinski definition) is 2. The maximum Gasteiger partial charge on any atom is 0.220 e. The van der Waals surface area contributed by atoms with E-state index in [9.17, 15) is 4.79 Å². The van der Waals surface area contributed by atoms with Crippen molar-refractivity contribution < 1.29 is 13.9 Å². The van der Waals surface area contributed by atoms with Crippen LogP contribution in [0.25, 0.3) is 11.3 Å². The van der Waals surface area contributed by atoms with E-state index in [0.717, 1.165) is 37.3 Å². The monoisotopic (exact) mass is 443 g/mol. The Bertz CT molecular complexity index is 738. The van der Waals surface area contributed by atoms with E-state index in [2.05, 4.69) is 22.5 Å². The Labute approximate surface area is 185 Å². The predicted molar refractivity (Wildman–Crippen MR) is 119 cm³/mol. The first kappa shape index (κ1) is 25.4. The molecule has 3 rings (SSSR count). The number of piperidine rings is 1. The van der Waals surface area contributed by atoms with Crippen LogP contribution in [0.2, 0.25) is 0 Å². The molecule has 0 unspecified atom stereocenters. The minimum atomic E-state index is 0. The number of amides is 1. The van der Waals surface area contributed by atoms with Gasteiger partial charge < -0.3 is 19.8 Å². The molecule has 6 nitrogen and oxygen atoms in total. The van der Waals surface area contributed by atoms with Crippen LogP contribution >= 0.6 is 24.8 Å². The van der Waals surface area contributed by atoms with Gasteiger partial charge in [0.05, 0.1) is 12.8 Å². The van der Waals surface area contributed by atoms with E-state index in [1.165, 1.54) is 5.56 Å². The van der Waals surface area contributed by atoms with Gasteiger partial charge in [0.2, 0.25) is 5.91 Å². The Hall–Kier alpha value is -1.60. The molecule has 1 aromatic carbocycles. The summed E-state index contributed by atoms with van der Waals surface area (Å²) in [4.78, 5) is 16.6. The lowest BCUT2D eigenvalue weighted by atomic mass is 9.79. The maximum atomic E-state index is 12.3. The lowest BCUT2D eigenvalue weighted by Gasteiger charge is -2.37. The summed E-state index contributed by atoms with van der Waals surface area (Å²) in [6, 6.07) is 8.12. The van der Waals surface area contributed by atoms with Crippen molar-refractivity contribution >= 4 is 30.7 Å². The zero-order valence-electron chi connectivity index (χ0n) is 17.0. The molecule has 1 aliphatic heterocycles. The Balaban J connectivity index is 0.00000210. The quantitative estimate of drug-likeness (QED) is 0.651. The molecule has 162 valence electrons. The van der Waals surface area contributed by atoms with Crippen LogP contribution in [-0.4, -0.2) is 44.2 Å². The van der Waals surface area contributed by atoms with Crippen LogP contribution < -0.4 is 10.6 Å². The molecule has 1 aliphatic rings. The number of halogens is 2. The molecule has 2 N–H and O–H groups in total. The van der Waals surface area contributed by atoms with Gasteiger partial charge in [-0.1, -0.05) is 29.8 Å². The van der Waals surface area contributed by atoms with E-state index in [1.807, 2.05) is 24.3 Å². The van der Waals surface area contributed by atoms with Crippen molar-refractivity contribution in [3.8, 4) is 11.3 Å². The Morgan fingerprint density at radius 3 is 2.59 bits per heavy atom. The average Bonchev–Trinajstić information content (AvgIpc) is 3.15. The number of carbonyl (C=O) groups excluding carboxylic acids is 1. The number of ether oxygens (including phenoxy) is 1. The standard InChI is InChI=1S/C21H29N3O3.2ClH/c1-16-3-5-17(6-4-16)18-13-23-20(27-18)8-7-19(25)24-14-21(15-26-2)9-11-22-12-10-21;;/h3-6,13,22H,7-12,14-15H2,1-2H3,(H,24,25);2*1H. The number of aryl methyl sites for hydroxylation is 2. The van der Waals surface area contributed by atoms with E-state index in [0.29, 0.717) is 31.9 Å². The predicted octanol–water partition coefficient (Wildman–Crippen LogP) is 3.56. The van der Waals surface area contributed by atoms with Gasteiger partial charge in [-0.15, -0.1) is 24.8 Å². The Morgan fingerprint density at radius 2 is 1.93 bits per heavy atom. The van der Waals surface area contributed by atoms with E-state index >= 15 is 0 Å². The number of nitrogens with one attached hydrogen (secondary N) is 2. The zero-order chi connectivity index (χ0) is 19.1. The van der Waals surface area contributed by atoms with Crippen LogP contribution in [0.5, 0.6) is 0 Å². The minimum absolute atomic E-state index is 0. The van der Waals surface area contributed by atoms with E-state index in [-0.39, 0.29) is 36.1 Å². The Morgan fingerprint density at radius 1 is 1.24 bits per heavy atom. The van der Waals surface area contributed by atoms with Crippen molar-refractivity contribution in [1.82, 2.24) is 15.6 Å². The second-order valence-corrected chi connectivity index (χ2v) is 7.44. The number of benzene rings is 1. The van der Waals surface area contributed by atoms with Gasteiger partial charge in [-0.25, -0.2) is 4.98 Å². The van der Waals surface area contributed by atoms with Crippen LogP contribution in [0.4, 0.5) is 0 Å². The van der Waals surface area contributed by atoms with Crippen molar-refractivity contribution in [3.63, 3.8) is 0 Å². The number of methoxy groups -OCH3 is 1. The van der Waals surface area contributed by atoms with Crippen molar-refractivity contribution in [2.24, 2.45) is 5.41 Å². The van der Waals surface area contributed by atoms with Gasteiger partial charge in [-0.05, 0) is 32.9 Å². The molecule has 1 fully saturated rings. The van der Waals surface area contributed by atoms with Gasteiger partial charge in [0.25, 0.3) is 0 Å². The molecule has 0 aliphatic carbocycles. The molecule has 29 heavy (non-hydrogen) atoms. The SMILES string of the molecule is COCC1(CNC(=O)CCc2ncc(-c3ccc(C)cc3)o2)CCNCC1.Cl.Cl. The second kappa shape index (κ2) is 12.2. The van der Waals surface area contributed by atoms with Crippen LogP contribution in [0.1, 0.15) is 30.7 Å². The summed E-state index contributed by atoms with van der Waals surface area (Å²) in [5.74, 6) is 1.35. The summed E-state index contributed by atoms with van der Waals surface area (Å²) < 4.78 is 11.2. The summed E-state index contributed by atoms with van der Waals surface area (Å²) >= 11 is 0.